The maximum Gasteiger partial charge on any atom is 0.270 e. The molecule has 1 rings (SSSR count). The summed E-state index contributed by atoms with van der Waals surface area (Å²) in [6, 6.07) is 2.71. The molecular formula is C11H11ClN2O4S. The van der Waals surface area contributed by atoms with E-state index >= 15 is 0 Å². The lowest BCUT2D eigenvalue weighted by molar-refractivity contribution is -0.385. The lowest BCUT2D eigenvalue weighted by Crippen LogP contribution is -2.32. The van der Waals surface area contributed by atoms with E-state index in [0.29, 0.717) is 0 Å². The molecule has 1 aromatic rings. The number of nitro groups is 1. The number of nitrogens with one attached hydrogen (secondary N) is 1. The molecule has 0 amide bonds. The van der Waals surface area contributed by atoms with Crippen molar-refractivity contribution in [2.45, 2.75) is 24.3 Å². The van der Waals surface area contributed by atoms with E-state index < -0.39 is 21.0 Å². The quantitative estimate of drug-likeness (QED) is 0.511. The van der Waals surface area contributed by atoms with E-state index in [1.54, 1.807) is 6.92 Å². The van der Waals surface area contributed by atoms with Gasteiger partial charge in [0.2, 0.25) is 10.0 Å². The molecule has 0 fully saturated rings. The number of rotatable bonds is 5. The van der Waals surface area contributed by atoms with Crippen LogP contribution in [0, 0.1) is 22.5 Å². The Hall–Kier alpha value is -1.62. The Labute approximate surface area is 116 Å². The first kappa shape index (κ1) is 15.4. The van der Waals surface area contributed by atoms with Crippen molar-refractivity contribution < 1.29 is 13.3 Å². The summed E-state index contributed by atoms with van der Waals surface area (Å²) in [6.45, 7) is 1.59. The van der Waals surface area contributed by atoms with Crippen LogP contribution in [-0.4, -0.2) is 19.4 Å². The summed E-state index contributed by atoms with van der Waals surface area (Å²) in [7, 11) is -3.95. The molecule has 1 unspecified atom stereocenters. The fraction of sp³-hybridized carbons (Fsp3) is 0.273. The zero-order valence-electron chi connectivity index (χ0n) is 9.96. The predicted octanol–water partition coefficient (Wildman–Crippen LogP) is 1.94. The van der Waals surface area contributed by atoms with Gasteiger partial charge in [0, 0.05) is 24.6 Å². The lowest BCUT2D eigenvalue weighted by atomic mass is 10.3. The van der Waals surface area contributed by atoms with E-state index in [9.17, 15) is 18.5 Å². The highest BCUT2D eigenvalue weighted by Crippen LogP contribution is 2.26. The smallest absolute Gasteiger partial charge is 0.258 e. The van der Waals surface area contributed by atoms with Gasteiger partial charge in [0.1, 0.15) is 4.90 Å². The minimum atomic E-state index is -3.95. The zero-order valence-corrected chi connectivity index (χ0v) is 11.5. The standard InChI is InChI=1S/C11H11ClN2O4S/c1-3-4-8(2)13-19(17,18)11-7-9(14(15)16)5-6-10(11)12/h1,5-8,13H,4H2,2H3. The first-order valence-electron chi connectivity index (χ1n) is 5.17. The first-order chi connectivity index (χ1) is 8.77. The van der Waals surface area contributed by atoms with Crippen LogP contribution < -0.4 is 4.72 Å². The van der Waals surface area contributed by atoms with Gasteiger partial charge in [-0.1, -0.05) is 11.6 Å². The largest absolute Gasteiger partial charge is 0.270 e. The van der Waals surface area contributed by atoms with Crippen molar-refractivity contribution in [1.29, 1.82) is 0 Å². The average Bonchev–Trinajstić information content (AvgIpc) is 2.28. The van der Waals surface area contributed by atoms with Gasteiger partial charge in [-0.3, -0.25) is 10.1 Å². The molecule has 102 valence electrons. The number of benzene rings is 1. The number of hydrogen-bond donors (Lipinski definition) is 1. The van der Waals surface area contributed by atoms with Gasteiger partial charge >= 0.3 is 0 Å². The highest BCUT2D eigenvalue weighted by molar-refractivity contribution is 7.89. The van der Waals surface area contributed by atoms with E-state index in [2.05, 4.69) is 10.6 Å². The molecule has 0 aliphatic rings. The number of non-ortho nitro benzene ring substituents is 1. The summed E-state index contributed by atoms with van der Waals surface area (Å²) in [5, 5.41) is 10.5. The maximum absolute atomic E-state index is 12.0. The van der Waals surface area contributed by atoms with Crippen molar-refractivity contribution in [1.82, 2.24) is 4.72 Å². The lowest BCUT2D eigenvalue weighted by Gasteiger charge is -2.12. The monoisotopic (exact) mass is 302 g/mol. The summed E-state index contributed by atoms with van der Waals surface area (Å²) in [5.74, 6) is 2.32. The van der Waals surface area contributed by atoms with Crippen molar-refractivity contribution in [3.63, 3.8) is 0 Å². The number of terminal acetylenes is 1. The molecule has 1 aromatic carbocycles. The summed E-state index contributed by atoms with van der Waals surface area (Å²) in [6.07, 6.45) is 5.28. The van der Waals surface area contributed by atoms with Crippen LogP contribution in [0.3, 0.4) is 0 Å². The third-order valence-corrected chi connectivity index (χ3v) is 4.27. The molecule has 0 aliphatic heterocycles. The number of sulfonamides is 1. The topological polar surface area (TPSA) is 89.3 Å². The molecule has 0 saturated carbocycles. The van der Waals surface area contributed by atoms with Crippen LogP contribution in [0.2, 0.25) is 5.02 Å². The normalized spacial score (nSPS) is 12.7. The van der Waals surface area contributed by atoms with Gasteiger partial charge in [-0.15, -0.1) is 12.3 Å². The van der Waals surface area contributed by atoms with Crippen LogP contribution >= 0.6 is 11.6 Å². The molecular weight excluding hydrogens is 292 g/mol. The van der Waals surface area contributed by atoms with Gasteiger partial charge in [-0.2, -0.15) is 0 Å². The highest BCUT2D eigenvalue weighted by Gasteiger charge is 2.23. The Morgan fingerprint density at radius 1 is 1.58 bits per heavy atom. The van der Waals surface area contributed by atoms with Crippen LogP contribution in [0.4, 0.5) is 5.69 Å². The second kappa shape index (κ2) is 6.02. The molecule has 19 heavy (non-hydrogen) atoms. The second-order valence-electron chi connectivity index (χ2n) is 3.80. The molecule has 0 saturated heterocycles. The predicted molar refractivity (Wildman–Crippen MR) is 71.3 cm³/mol. The van der Waals surface area contributed by atoms with Crippen LogP contribution in [0.1, 0.15) is 13.3 Å². The number of halogens is 1. The fourth-order valence-electron chi connectivity index (χ4n) is 1.36. The Morgan fingerprint density at radius 3 is 2.74 bits per heavy atom. The van der Waals surface area contributed by atoms with Gasteiger partial charge in [0.15, 0.2) is 0 Å². The third-order valence-electron chi connectivity index (χ3n) is 2.20. The van der Waals surface area contributed by atoms with Gasteiger partial charge in [0.25, 0.3) is 5.69 Å². The van der Waals surface area contributed by atoms with Gasteiger partial charge in [-0.05, 0) is 13.0 Å². The molecule has 1 N–H and O–H groups in total. The molecule has 0 radical (unpaired) electrons. The van der Waals surface area contributed by atoms with Gasteiger partial charge in [-0.25, -0.2) is 13.1 Å². The van der Waals surface area contributed by atoms with Crippen molar-refractivity contribution in [3.8, 4) is 12.3 Å². The van der Waals surface area contributed by atoms with Crippen molar-refractivity contribution >= 4 is 27.3 Å². The highest BCUT2D eigenvalue weighted by atomic mass is 35.5. The van der Waals surface area contributed by atoms with Crippen molar-refractivity contribution in [2.75, 3.05) is 0 Å². The molecule has 0 heterocycles. The SMILES string of the molecule is C#CCC(C)NS(=O)(=O)c1cc([N+](=O)[O-])ccc1Cl. The molecule has 1 atom stereocenters. The van der Waals surface area contributed by atoms with Crippen LogP contribution in [-0.2, 0) is 10.0 Å². The maximum atomic E-state index is 12.0. The molecule has 0 aromatic heterocycles. The zero-order chi connectivity index (χ0) is 14.6. The van der Waals surface area contributed by atoms with Crippen molar-refractivity contribution in [3.05, 3.63) is 33.3 Å². The van der Waals surface area contributed by atoms with Crippen LogP contribution in [0.5, 0.6) is 0 Å². The Bertz CT molecular complexity index is 637. The Morgan fingerprint density at radius 2 is 2.21 bits per heavy atom. The number of nitro benzene ring substituents is 1. The molecule has 0 aliphatic carbocycles. The average molecular weight is 303 g/mol. The van der Waals surface area contributed by atoms with Crippen LogP contribution in [0.15, 0.2) is 23.1 Å². The van der Waals surface area contributed by atoms with E-state index in [-0.39, 0.29) is 22.0 Å². The van der Waals surface area contributed by atoms with Gasteiger partial charge in [0.05, 0.1) is 9.95 Å². The minimum Gasteiger partial charge on any atom is -0.258 e. The summed E-state index contributed by atoms with van der Waals surface area (Å²) < 4.78 is 26.4. The fourth-order valence-corrected chi connectivity index (χ4v) is 3.12. The molecule has 8 heteroatoms. The first-order valence-corrected chi connectivity index (χ1v) is 7.03. The molecule has 0 spiro atoms. The third kappa shape index (κ3) is 3.92. The Balaban J connectivity index is 3.18. The van der Waals surface area contributed by atoms with E-state index in [1.165, 1.54) is 6.07 Å². The number of nitrogens with zero attached hydrogens (tertiary/aromatic N) is 1. The summed E-state index contributed by atoms with van der Waals surface area (Å²) in [5.41, 5.74) is -0.352. The van der Waals surface area contributed by atoms with Crippen molar-refractivity contribution in [2.24, 2.45) is 0 Å². The minimum absolute atomic E-state index is 0.0917. The Kier molecular flexibility index (Phi) is 4.89. The van der Waals surface area contributed by atoms with E-state index in [0.717, 1.165) is 12.1 Å². The van der Waals surface area contributed by atoms with Gasteiger partial charge < -0.3 is 0 Å². The summed E-state index contributed by atoms with van der Waals surface area (Å²) >= 11 is 5.76. The van der Waals surface area contributed by atoms with Crippen LogP contribution in [0.25, 0.3) is 0 Å². The second-order valence-corrected chi connectivity index (χ2v) is 5.89. The van der Waals surface area contributed by atoms with E-state index in [4.69, 9.17) is 18.0 Å². The molecule has 6 nitrogen and oxygen atoms in total. The molecule has 0 bridgehead atoms. The van der Waals surface area contributed by atoms with E-state index in [1.807, 2.05) is 0 Å². The summed E-state index contributed by atoms with van der Waals surface area (Å²) in [4.78, 5) is 9.60. The number of hydrogen-bond acceptors (Lipinski definition) is 4.